The number of imidazole rings is 1. The summed E-state index contributed by atoms with van der Waals surface area (Å²) in [4.78, 5) is 21.6. The van der Waals surface area contributed by atoms with Gasteiger partial charge in [0.05, 0.1) is 24.9 Å². The van der Waals surface area contributed by atoms with Crippen LogP contribution in [0.3, 0.4) is 0 Å². The molecular weight excluding hydrogens is 534 g/mol. The Hall–Kier alpha value is -2.45. The van der Waals surface area contributed by atoms with Gasteiger partial charge in [-0.15, -0.1) is 0 Å². The molecular formula is C29H39N3O9. The van der Waals surface area contributed by atoms with Crippen LogP contribution in [-0.2, 0) is 25.5 Å². The van der Waals surface area contributed by atoms with Gasteiger partial charge in [-0.2, -0.15) is 0 Å². The van der Waals surface area contributed by atoms with Gasteiger partial charge in [-0.05, 0) is 42.6 Å². The number of esters is 1. The Kier molecular flexibility index (Phi) is 7.46. The maximum Gasteiger partial charge on any atom is 0.338 e. The maximum atomic E-state index is 12.2. The van der Waals surface area contributed by atoms with E-state index in [9.17, 15) is 30.3 Å². The second kappa shape index (κ2) is 10.7. The number of hydrogen-bond acceptors (Lipinski definition) is 11. The van der Waals surface area contributed by atoms with Gasteiger partial charge >= 0.3 is 5.97 Å². The minimum absolute atomic E-state index is 0.0241. The normalized spacial score (nSPS) is 44.1. The summed E-state index contributed by atoms with van der Waals surface area (Å²) in [7, 11) is 0. The molecule has 224 valence electrons. The molecule has 1 saturated heterocycles. The molecule has 2 aliphatic carbocycles. The van der Waals surface area contributed by atoms with Gasteiger partial charge in [0, 0.05) is 36.0 Å². The predicted octanol–water partition coefficient (Wildman–Crippen LogP) is 0.245. The number of nitrogens with zero attached hydrogens (tertiary/aromatic N) is 3. The van der Waals surface area contributed by atoms with Crippen molar-refractivity contribution in [3.05, 3.63) is 36.2 Å². The van der Waals surface area contributed by atoms with E-state index in [2.05, 4.69) is 18.0 Å². The summed E-state index contributed by atoms with van der Waals surface area (Å²) < 4.78 is 19.1. The van der Waals surface area contributed by atoms with Crippen molar-refractivity contribution >= 4 is 17.6 Å². The van der Waals surface area contributed by atoms with E-state index >= 15 is 0 Å². The molecule has 0 aromatic carbocycles. The van der Waals surface area contributed by atoms with Crippen LogP contribution in [0.5, 0.6) is 0 Å². The first kappa shape index (κ1) is 28.7. The van der Waals surface area contributed by atoms with Crippen molar-refractivity contribution in [1.29, 1.82) is 0 Å². The number of carbonyl (C=O) groups excluding carboxylic acids is 1. The third kappa shape index (κ3) is 4.60. The zero-order valence-corrected chi connectivity index (χ0v) is 23.2. The van der Waals surface area contributed by atoms with E-state index in [1.165, 1.54) is 0 Å². The van der Waals surface area contributed by atoms with Crippen LogP contribution in [0.4, 0.5) is 5.95 Å². The average Bonchev–Trinajstić information content (AvgIpc) is 3.60. The highest BCUT2D eigenvalue weighted by Gasteiger charge is 2.61. The standard InChI is InChI=1S/C29H39N3O9/c1-28-7-5-21(41-26-24(37)23(36)22(35)19(13-33)40-26)29(2,14-34)20(28)11-18-16(12-32-9-8-30-27(32)31-18)17(28)4-3-15-6-10-39-25(15)38/h3-4,6,8-9,16-17,19-24,26,33-37H,5,7,10-14H2,1-2H3/t16?,17?,19?,20?,21-,22?,23?,24?,26?,28-,29+/m1/s1. The summed E-state index contributed by atoms with van der Waals surface area (Å²) in [5, 5.41) is 51.8. The van der Waals surface area contributed by atoms with Crippen LogP contribution in [0, 0.1) is 28.6 Å². The summed E-state index contributed by atoms with van der Waals surface area (Å²) in [6, 6.07) is 0. The molecule has 41 heavy (non-hydrogen) atoms. The fourth-order valence-electron chi connectivity index (χ4n) is 7.91. The summed E-state index contributed by atoms with van der Waals surface area (Å²) in [6.07, 6.45) is 3.72. The summed E-state index contributed by atoms with van der Waals surface area (Å²) in [5.41, 5.74) is 0.396. The van der Waals surface area contributed by atoms with Crippen LogP contribution in [0.2, 0.25) is 0 Å². The first-order chi connectivity index (χ1) is 19.6. The van der Waals surface area contributed by atoms with Crippen molar-refractivity contribution in [3.8, 4) is 0 Å². The lowest BCUT2D eigenvalue weighted by Gasteiger charge is -2.62. The second-order valence-corrected chi connectivity index (χ2v) is 12.5. The van der Waals surface area contributed by atoms with Crippen LogP contribution in [0.1, 0.15) is 33.1 Å². The molecule has 5 N–H and O–H groups in total. The Bertz CT molecular complexity index is 1260. The van der Waals surface area contributed by atoms with Gasteiger partial charge in [0.15, 0.2) is 6.29 Å². The Labute approximate surface area is 238 Å². The quantitative estimate of drug-likeness (QED) is 0.234. The Balaban J connectivity index is 1.34. The first-order valence-corrected chi connectivity index (χ1v) is 14.3. The lowest BCUT2D eigenvalue weighted by atomic mass is 9.45. The van der Waals surface area contributed by atoms with Crippen LogP contribution in [-0.4, -0.2) is 103 Å². The lowest BCUT2D eigenvalue weighted by molar-refractivity contribution is -0.329. The van der Waals surface area contributed by atoms with Crippen molar-refractivity contribution in [3.63, 3.8) is 0 Å². The zero-order valence-electron chi connectivity index (χ0n) is 23.2. The van der Waals surface area contributed by atoms with E-state index in [0.29, 0.717) is 37.3 Å². The van der Waals surface area contributed by atoms with E-state index < -0.39 is 48.8 Å². The molecule has 0 amide bonds. The van der Waals surface area contributed by atoms with Gasteiger partial charge in [-0.1, -0.05) is 26.0 Å². The smallest absolute Gasteiger partial charge is 0.338 e. The monoisotopic (exact) mass is 573 g/mol. The highest BCUT2D eigenvalue weighted by Crippen LogP contribution is 2.62. The third-order valence-electron chi connectivity index (χ3n) is 10.4. The first-order valence-electron chi connectivity index (χ1n) is 14.3. The molecule has 3 fully saturated rings. The molecule has 1 aromatic rings. The Morgan fingerprint density at radius 1 is 1.20 bits per heavy atom. The fraction of sp³-hybridized carbons (Fsp3) is 0.690. The number of hydrogen-bond donors (Lipinski definition) is 5. The van der Waals surface area contributed by atoms with Crippen molar-refractivity contribution in [2.24, 2.45) is 33.6 Å². The van der Waals surface area contributed by atoms with Gasteiger partial charge in [0.25, 0.3) is 0 Å². The van der Waals surface area contributed by atoms with Crippen molar-refractivity contribution in [2.75, 3.05) is 19.8 Å². The number of carbonyl (C=O) groups is 1. The molecule has 11 atom stereocenters. The van der Waals surface area contributed by atoms with Gasteiger partial charge in [0.1, 0.15) is 31.0 Å². The fourth-order valence-corrected chi connectivity index (χ4v) is 7.91. The molecule has 5 aliphatic rings. The number of aliphatic imine (C=N–C) groups is 1. The van der Waals surface area contributed by atoms with E-state index in [-0.39, 0.29) is 42.4 Å². The van der Waals surface area contributed by atoms with Crippen LogP contribution in [0.15, 0.2) is 41.2 Å². The number of ether oxygens (including phenoxy) is 3. The molecule has 0 spiro atoms. The Morgan fingerprint density at radius 3 is 2.71 bits per heavy atom. The number of aliphatic hydroxyl groups excluding tert-OH is 5. The molecule has 0 radical (unpaired) electrons. The highest BCUT2D eigenvalue weighted by molar-refractivity contribution is 5.94. The molecule has 6 rings (SSSR count). The van der Waals surface area contributed by atoms with Gasteiger partial charge in [0.2, 0.25) is 5.95 Å². The van der Waals surface area contributed by atoms with Crippen molar-refractivity contribution < 1.29 is 44.5 Å². The van der Waals surface area contributed by atoms with Crippen molar-refractivity contribution in [2.45, 2.75) is 76.5 Å². The van der Waals surface area contributed by atoms with E-state index in [1.54, 1.807) is 12.3 Å². The summed E-state index contributed by atoms with van der Waals surface area (Å²) in [5.74, 6) is 0.228. The number of fused-ring (bicyclic) bond motifs is 3. The van der Waals surface area contributed by atoms with Gasteiger partial charge < -0.3 is 44.3 Å². The molecule has 1 aromatic heterocycles. The highest BCUT2D eigenvalue weighted by atomic mass is 16.7. The maximum absolute atomic E-state index is 12.2. The van der Waals surface area contributed by atoms with E-state index in [1.807, 2.05) is 23.8 Å². The second-order valence-electron chi connectivity index (χ2n) is 12.5. The molecule has 0 bridgehead atoms. The van der Waals surface area contributed by atoms with Crippen LogP contribution < -0.4 is 0 Å². The predicted molar refractivity (Wildman–Crippen MR) is 144 cm³/mol. The molecule has 2 saturated carbocycles. The molecule has 12 nitrogen and oxygen atoms in total. The molecule has 4 heterocycles. The third-order valence-corrected chi connectivity index (χ3v) is 10.4. The number of allylic oxidation sites excluding steroid dienone is 1. The molecule has 12 heteroatoms. The molecule has 8 unspecified atom stereocenters. The zero-order chi connectivity index (χ0) is 29.1. The SMILES string of the molecule is C[C@]12CC[C@@H](OC3OC(CO)C(O)C(O)C3O)[C@@](C)(CO)C1CC1=Nc3nccn3CC1C2C=CC1=CCOC1=O. The molecule has 3 aliphatic heterocycles. The Morgan fingerprint density at radius 2 is 2.00 bits per heavy atom. The van der Waals surface area contributed by atoms with Gasteiger partial charge in [-0.3, -0.25) is 0 Å². The number of cyclic esters (lactones) is 1. The largest absolute Gasteiger partial charge is 0.458 e. The minimum atomic E-state index is -1.55. The number of aliphatic hydroxyl groups is 5. The van der Waals surface area contributed by atoms with E-state index in [4.69, 9.17) is 19.2 Å². The summed E-state index contributed by atoms with van der Waals surface area (Å²) in [6.45, 7) is 4.39. The average molecular weight is 574 g/mol. The van der Waals surface area contributed by atoms with Crippen LogP contribution >= 0.6 is 0 Å². The van der Waals surface area contributed by atoms with Gasteiger partial charge in [-0.25, -0.2) is 14.8 Å². The van der Waals surface area contributed by atoms with Crippen LogP contribution in [0.25, 0.3) is 0 Å². The lowest BCUT2D eigenvalue weighted by Crippen LogP contribution is -2.64. The number of aromatic nitrogens is 2. The topological polar surface area (TPSA) is 176 Å². The number of rotatable bonds is 6. The van der Waals surface area contributed by atoms with Crippen molar-refractivity contribution in [1.82, 2.24) is 9.55 Å². The van der Waals surface area contributed by atoms with E-state index in [0.717, 1.165) is 5.71 Å². The summed E-state index contributed by atoms with van der Waals surface area (Å²) >= 11 is 0. The minimum Gasteiger partial charge on any atom is -0.458 e.